The molecule has 0 spiro atoms. The molecule has 0 aliphatic heterocycles. The third kappa shape index (κ3) is 19.8. The second kappa shape index (κ2) is 28.7. The molecule has 0 bridgehead atoms. The summed E-state index contributed by atoms with van der Waals surface area (Å²) in [6.07, 6.45) is 0. The van der Waals surface area contributed by atoms with Crippen molar-refractivity contribution in [2.45, 2.75) is 0 Å². The van der Waals surface area contributed by atoms with Gasteiger partial charge in [-0.3, -0.25) is 0 Å². The molecule has 0 unspecified atom stereocenters. The molecule has 0 rings (SSSR count). The van der Waals surface area contributed by atoms with Crippen LogP contribution in [-0.2, 0) is 41.0 Å². The molecule has 0 aromatic carbocycles. The Labute approximate surface area is 86.9 Å². The number of hydrogen-bond donors (Lipinski definition) is 0. The van der Waals surface area contributed by atoms with Gasteiger partial charge in [-0.25, -0.2) is 0 Å². The van der Waals surface area contributed by atoms with E-state index >= 15 is 0 Å². The summed E-state index contributed by atoms with van der Waals surface area (Å²) in [5, 5.41) is 0. The molecule has 0 N–H and O–H groups in total. The van der Waals surface area contributed by atoms with E-state index in [-0.39, 0.29) is 60.1 Å². The average Bonchev–Trinajstić information content (AvgIpc) is 1.00. The molecule has 0 heterocycles. The first-order valence-corrected chi connectivity index (χ1v) is 2.52. The normalized spacial score (nSPS) is 0.600. The summed E-state index contributed by atoms with van der Waals surface area (Å²) in [7, 11) is 4.08. The standard InChI is InChI=1S/2Li.Nb.S.Ti.2H. The van der Waals surface area contributed by atoms with Crippen molar-refractivity contribution in [3.8, 4) is 0 Å². The molecule has 0 amide bonds. The van der Waals surface area contributed by atoms with Crippen molar-refractivity contribution in [2.24, 2.45) is 0 Å². The molecule has 0 aliphatic carbocycles. The van der Waals surface area contributed by atoms with Crippen molar-refractivity contribution in [3.63, 3.8) is 0 Å². The molecule has 5 heteroatoms. The predicted molar refractivity (Wildman–Crippen MR) is 21.9 cm³/mol. The van der Waals surface area contributed by atoms with Crippen molar-refractivity contribution >= 4 is 47.4 Å². The summed E-state index contributed by atoms with van der Waals surface area (Å²) in [6, 6.07) is 0. The van der Waals surface area contributed by atoms with Crippen LogP contribution in [0, 0.1) is 0 Å². The van der Waals surface area contributed by atoms with Crippen molar-refractivity contribution in [1.29, 1.82) is 0 Å². The van der Waals surface area contributed by atoms with E-state index in [1.54, 1.807) is 18.6 Å². The Hall–Kier alpha value is 2.87. The number of hydrogen-bond acceptors (Lipinski definition) is 1. The van der Waals surface area contributed by atoms with E-state index in [2.05, 4.69) is 9.70 Å². The molecule has 0 saturated heterocycles. The van der Waals surface area contributed by atoms with E-state index < -0.39 is 0 Å². The minimum atomic E-state index is 0. The molecular formula is H2Li2NbSTi. The van der Waals surface area contributed by atoms with E-state index in [4.69, 9.17) is 0 Å². The second-order valence-electron chi connectivity index (χ2n) is 0. The van der Waals surface area contributed by atoms with Crippen LogP contribution in [0.25, 0.3) is 0 Å². The Bertz CT molecular complexity index is 9.61. The molecule has 0 aliphatic rings. The van der Waals surface area contributed by atoms with Gasteiger partial charge in [0.15, 0.2) is 0 Å². The minimum absolute atomic E-state index is 0. The van der Waals surface area contributed by atoms with Crippen LogP contribution in [0.5, 0.6) is 0 Å². The van der Waals surface area contributed by atoms with Crippen LogP contribution in [0.4, 0.5) is 0 Å². The van der Waals surface area contributed by atoms with Crippen molar-refractivity contribution in [2.75, 3.05) is 0 Å². The van der Waals surface area contributed by atoms with Crippen molar-refractivity contribution in [3.05, 3.63) is 0 Å². The van der Waals surface area contributed by atoms with Gasteiger partial charge in [0.2, 0.25) is 0 Å². The molecule has 0 aromatic rings. The molecule has 19 valence electrons. The van der Waals surface area contributed by atoms with Gasteiger partial charge in [-0.2, -0.15) is 0 Å². The van der Waals surface area contributed by atoms with E-state index in [1.165, 1.54) is 0 Å². The zero-order valence-electron chi connectivity index (χ0n) is 1.36. The molecule has 0 nitrogen and oxygen atoms in total. The van der Waals surface area contributed by atoms with Crippen LogP contribution >= 0.6 is 9.70 Å². The van der Waals surface area contributed by atoms with Gasteiger partial charge in [0, 0.05) is 22.4 Å². The van der Waals surface area contributed by atoms with Crippen LogP contribution in [0.2, 0.25) is 0 Å². The van der Waals surface area contributed by atoms with Gasteiger partial charge in [-0.05, 0) is 0 Å². The molecule has 5 heavy (non-hydrogen) atoms. The van der Waals surface area contributed by atoms with E-state index in [0.29, 0.717) is 0 Å². The van der Waals surface area contributed by atoms with Gasteiger partial charge in [-0.15, -0.1) is 0 Å². The van der Waals surface area contributed by atoms with Gasteiger partial charge in [0.1, 0.15) is 0 Å². The Kier molecular flexibility index (Phi) is 143. The van der Waals surface area contributed by atoms with E-state index in [0.717, 1.165) is 0 Å². The monoisotopic (exact) mass is 189 g/mol. The summed E-state index contributed by atoms with van der Waals surface area (Å²) in [6.45, 7) is 0. The van der Waals surface area contributed by atoms with Gasteiger partial charge in [0.05, 0.1) is 0 Å². The SMILES string of the molecule is [LiH].[LiH].[Nb].[S]=[Ti]. The van der Waals surface area contributed by atoms with Crippen molar-refractivity contribution < 1.29 is 41.0 Å². The van der Waals surface area contributed by atoms with Crippen LogP contribution in [0.3, 0.4) is 0 Å². The van der Waals surface area contributed by atoms with E-state index in [9.17, 15) is 0 Å². The second-order valence-corrected chi connectivity index (χ2v) is 0. The first-order chi connectivity index (χ1) is 1.00. The topological polar surface area (TPSA) is 0 Å². The Morgan fingerprint density at radius 3 is 1.00 bits per heavy atom. The maximum absolute atomic E-state index is 4.08. The van der Waals surface area contributed by atoms with Crippen molar-refractivity contribution in [1.82, 2.24) is 0 Å². The Balaban J connectivity index is -0.00000000167. The predicted octanol–water partition coefficient (Wildman–Crippen LogP) is -0.654. The maximum atomic E-state index is 4.08. The molecular weight excluding hydrogens is 187 g/mol. The van der Waals surface area contributed by atoms with Crippen LogP contribution in [0.1, 0.15) is 0 Å². The summed E-state index contributed by atoms with van der Waals surface area (Å²) in [5.74, 6) is 0. The summed E-state index contributed by atoms with van der Waals surface area (Å²) < 4.78 is 0. The van der Waals surface area contributed by atoms with Gasteiger partial charge in [0.25, 0.3) is 0 Å². The Morgan fingerprint density at radius 2 is 1.00 bits per heavy atom. The van der Waals surface area contributed by atoms with Gasteiger partial charge in [-0.1, -0.05) is 0 Å². The summed E-state index contributed by atoms with van der Waals surface area (Å²) in [5.41, 5.74) is 0. The van der Waals surface area contributed by atoms with Crippen LogP contribution < -0.4 is 0 Å². The summed E-state index contributed by atoms with van der Waals surface area (Å²) in [4.78, 5) is 0. The zero-order chi connectivity index (χ0) is 2.00. The molecule has 0 atom stereocenters. The molecule has 0 aromatic heterocycles. The van der Waals surface area contributed by atoms with Gasteiger partial charge < -0.3 is 0 Å². The van der Waals surface area contributed by atoms with Gasteiger partial charge >= 0.3 is 66.0 Å². The first-order valence-electron chi connectivity index (χ1n) is 0.204. The molecule has 1 radical (unpaired) electrons. The number of rotatable bonds is 0. The van der Waals surface area contributed by atoms with Crippen LogP contribution in [-0.4, -0.2) is 37.7 Å². The quantitative estimate of drug-likeness (QED) is 0.456. The fraction of sp³-hybridized carbons (Fsp3) is 0. The van der Waals surface area contributed by atoms with Crippen LogP contribution in [0.15, 0.2) is 0 Å². The molecule has 0 fully saturated rings. The Morgan fingerprint density at radius 1 is 1.00 bits per heavy atom. The fourth-order valence-electron chi connectivity index (χ4n) is 0. The third-order valence-electron chi connectivity index (χ3n) is 0. The molecule has 0 saturated carbocycles. The summed E-state index contributed by atoms with van der Waals surface area (Å²) >= 11 is 1.58. The first kappa shape index (κ1) is 24.8. The third-order valence-corrected chi connectivity index (χ3v) is 0. The fourth-order valence-corrected chi connectivity index (χ4v) is 0. The van der Waals surface area contributed by atoms with E-state index in [1.807, 2.05) is 0 Å². The average molecular weight is 189 g/mol. The zero-order valence-corrected chi connectivity index (χ0v) is 5.93.